The molecule has 0 aliphatic carbocycles. The van der Waals surface area contributed by atoms with Crippen molar-refractivity contribution < 1.29 is 4.79 Å². The summed E-state index contributed by atoms with van der Waals surface area (Å²) >= 11 is 6.44. The van der Waals surface area contributed by atoms with E-state index in [9.17, 15) is 4.79 Å². The molecule has 2 N–H and O–H groups in total. The second kappa shape index (κ2) is 6.58. The molecule has 1 amide bonds. The van der Waals surface area contributed by atoms with Crippen LogP contribution in [0.4, 0.5) is 0 Å². The number of carbonyl (C=O) groups is 1. The van der Waals surface area contributed by atoms with E-state index in [2.05, 4.69) is 15.5 Å². The van der Waals surface area contributed by atoms with Crippen molar-refractivity contribution in [3.63, 3.8) is 0 Å². The summed E-state index contributed by atoms with van der Waals surface area (Å²) in [6.45, 7) is 1.98. The first-order valence-corrected chi connectivity index (χ1v) is 7.33. The van der Waals surface area contributed by atoms with Gasteiger partial charge in [-0.2, -0.15) is 5.10 Å². The van der Waals surface area contributed by atoms with Gasteiger partial charge in [0.2, 0.25) is 5.91 Å². The minimum absolute atomic E-state index is 0.0254. The number of amides is 1. The monoisotopic (exact) mass is 293 g/mol. The number of aromatic nitrogens is 2. The highest BCUT2D eigenvalue weighted by Crippen LogP contribution is 2.23. The lowest BCUT2D eigenvalue weighted by molar-refractivity contribution is -0.121. The van der Waals surface area contributed by atoms with Crippen LogP contribution < -0.4 is 5.32 Å². The third-order valence-electron chi connectivity index (χ3n) is 2.62. The number of hydrogen-bond acceptors (Lipinski definition) is 4. The molecule has 0 saturated heterocycles. The highest BCUT2D eigenvalue weighted by molar-refractivity contribution is 7.73. The number of H-pyrrole nitrogens is 1. The third-order valence-corrected chi connectivity index (χ3v) is 3.77. The van der Waals surface area contributed by atoms with Crippen LogP contribution in [-0.4, -0.2) is 16.1 Å². The van der Waals surface area contributed by atoms with Crippen LogP contribution in [0.3, 0.4) is 0 Å². The van der Waals surface area contributed by atoms with Gasteiger partial charge in [-0.3, -0.25) is 9.89 Å². The molecule has 0 bridgehead atoms. The molecule has 2 aromatic rings. The van der Waals surface area contributed by atoms with Gasteiger partial charge in [-0.15, -0.1) is 0 Å². The van der Waals surface area contributed by atoms with Crippen molar-refractivity contribution >= 4 is 29.5 Å². The molecule has 0 aliphatic heterocycles. The van der Waals surface area contributed by atoms with Gasteiger partial charge in [0.15, 0.2) is 3.95 Å². The number of hydrogen-bond donors (Lipinski definition) is 2. The highest BCUT2D eigenvalue weighted by Gasteiger charge is 2.19. The Morgan fingerprint density at radius 1 is 1.47 bits per heavy atom. The molecule has 0 saturated carbocycles. The molecule has 100 valence electrons. The van der Waals surface area contributed by atoms with Gasteiger partial charge in [-0.05, 0) is 24.2 Å². The van der Waals surface area contributed by atoms with E-state index in [1.165, 1.54) is 11.3 Å². The molecule has 2 rings (SSSR count). The Hall–Kier alpha value is -1.53. The molecule has 0 fully saturated rings. The number of nitrogens with zero attached hydrogens (tertiary/aromatic N) is 1. The van der Waals surface area contributed by atoms with Crippen LogP contribution in [-0.2, 0) is 4.79 Å². The maximum Gasteiger partial charge on any atom is 0.220 e. The summed E-state index contributed by atoms with van der Waals surface area (Å²) in [5.41, 5.74) is 1.00. The molecule has 0 spiro atoms. The topological polar surface area (TPSA) is 57.8 Å². The minimum atomic E-state index is -0.238. The molecule has 4 nitrogen and oxygen atoms in total. The number of benzene rings is 1. The van der Waals surface area contributed by atoms with Gasteiger partial charge >= 0.3 is 0 Å². The van der Waals surface area contributed by atoms with Crippen molar-refractivity contribution in [1.82, 2.24) is 15.5 Å². The van der Waals surface area contributed by atoms with Crippen molar-refractivity contribution in [2.75, 3.05) is 0 Å². The summed E-state index contributed by atoms with van der Waals surface area (Å²) in [6, 6.07) is 9.54. The van der Waals surface area contributed by atoms with Crippen LogP contribution in [0, 0.1) is 3.95 Å². The molecular formula is C13H15N3OS2. The van der Waals surface area contributed by atoms with Crippen LogP contribution in [0.1, 0.15) is 36.4 Å². The molecule has 1 heterocycles. The van der Waals surface area contributed by atoms with E-state index in [0.29, 0.717) is 10.4 Å². The van der Waals surface area contributed by atoms with Crippen molar-refractivity contribution in [3.05, 3.63) is 44.9 Å². The predicted octanol–water partition coefficient (Wildman–Crippen LogP) is 3.21. The summed E-state index contributed by atoms with van der Waals surface area (Å²) in [4.78, 5) is 11.8. The fraction of sp³-hybridized carbons (Fsp3) is 0.308. The van der Waals surface area contributed by atoms with E-state index in [-0.39, 0.29) is 11.9 Å². The maximum absolute atomic E-state index is 11.8. The van der Waals surface area contributed by atoms with E-state index in [1.54, 1.807) is 0 Å². The zero-order chi connectivity index (χ0) is 13.7. The van der Waals surface area contributed by atoms with Crippen molar-refractivity contribution in [3.8, 4) is 0 Å². The van der Waals surface area contributed by atoms with Crippen molar-refractivity contribution in [2.24, 2.45) is 0 Å². The van der Waals surface area contributed by atoms with Gasteiger partial charge in [-0.1, -0.05) is 48.6 Å². The first kappa shape index (κ1) is 13.9. The summed E-state index contributed by atoms with van der Waals surface area (Å²) in [6.07, 6.45) is 1.34. The number of carbonyl (C=O) groups excluding carboxylic acids is 1. The van der Waals surface area contributed by atoms with Gasteiger partial charge in [0.05, 0.1) is 0 Å². The quantitative estimate of drug-likeness (QED) is 0.832. The van der Waals surface area contributed by atoms with Gasteiger partial charge in [0.25, 0.3) is 0 Å². The van der Waals surface area contributed by atoms with Crippen LogP contribution in [0.25, 0.3) is 0 Å². The van der Waals surface area contributed by atoms with Gasteiger partial charge < -0.3 is 5.32 Å². The minimum Gasteiger partial charge on any atom is -0.343 e. The van der Waals surface area contributed by atoms with Gasteiger partial charge in [0.1, 0.15) is 11.0 Å². The summed E-state index contributed by atoms with van der Waals surface area (Å²) in [5, 5.41) is 10.7. The lowest BCUT2D eigenvalue weighted by Crippen LogP contribution is -2.28. The molecular weight excluding hydrogens is 278 g/mol. The average Bonchev–Trinajstić information content (AvgIpc) is 2.84. The molecule has 6 heteroatoms. The fourth-order valence-corrected chi connectivity index (χ4v) is 2.75. The molecule has 0 radical (unpaired) electrons. The van der Waals surface area contributed by atoms with Crippen LogP contribution in [0.2, 0.25) is 0 Å². The van der Waals surface area contributed by atoms with E-state index in [4.69, 9.17) is 12.2 Å². The maximum atomic E-state index is 11.8. The van der Waals surface area contributed by atoms with E-state index in [1.807, 2.05) is 37.3 Å². The zero-order valence-corrected chi connectivity index (χ0v) is 12.2. The number of rotatable bonds is 5. The molecule has 1 unspecified atom stereocenters. The average molecular weight is 293 g/mol. The van der Waals surface area contributed by atoms with Crippen LogP contribution in [0.15, 0.2) is 30.3 Å². The first-order chi connectivity index (χ1) is 9.20. The normalized spacial score (nSPS) is 12.1. The van der Waals surface area contributed by atoms with E-state index >= 15 is 0 Å². The van der Waals surface area contributed by atoms with Crippen molar-refractivity contribution in [2.45, 2.75) is 25.8 Å². The largest absolute Gasteiger partial charge is 0.343 e. The van der Waals surface area contributed by atoms with Gasteiger partial charge in [0, 0.05) is 6.42 Å². The Bertz CT molecular complexity index is 591. The van der Waals surface area contributed by atoms with E-state index in [0.717, 1.165) is 17.0 Å². The summed E-state index contributed by atoms with van der Waals surface area (Å²) in [5.74, 6) is 0.0254. The fourth-order valence-electron chi connectivity index (χ4n) is 1.76. The summed E-state index contributed by atoms with van der Waals surface area (Å²) in [7, 11) is 0. The second-order valence-electron chi connectivity index (χ2n) is 4.11. The van der Waals surface area contributed by atoms with Crippen LogP contribution in [0.5, 0.6) is 0 Å². The molecule has 0 aliphatic rings. The molecule has 1 aromatic carbocycles. The Kier molecular flexibility index (Phi) is 4.81. The second-order valence-corrected chi connectivity index (χ2v) is 5.81. The standard InChI is InChI=1S/C13H15N3OS2/c1-2-6-10(17)14-11(9-7-4-3-5-8-9)12-15-16-13(18)19-12/h3-5,7-8,11H,2,6H2,1H3,(H,14,17)(H,16,18). The Morgan fingerprint density at radius 2 is 2.21 bits per heavy atom. The molecule has 19 heavy (non-hydrogen) atoms. The van der Waals surface area contributed by atoms with Gasteiger partial charge in [-0.25, -0.2) is 0 Å². The highest BCUT2D eigenvalue weighted by atomic mass is 32.1. The Balaban J connectivity index is 2.28. The third kappa shape index (κ3) is 3.71. The summed E-state index contributed by atoms with van der Waals surface area (Å²) < 4.78 is 0.612. The molecule has 1 atom stereocenters. The number of nitrogens with one attached hydrogen (secondary N) is 2. The van der Waals surface area contributed by atoms with Crippen molar-refractivity contribution in [1.29, 1.82) is 0 Å². The Labute approximate surface area is 120 Å². The smallest absolute Gasteiger partial charge is 0.220 e. The number of aromatic amines is 1. The van der Waals surface area contributed by atoms with Crippen LogP contribution >= 0.6 is 23.6 Å². The SMILES string of the molecule is CCCC(=O)NC(c1ccccc1)c1n[nH]c(=S)s1. The lowest BCUT2D eigenvalue weighted by Gasteiger charge is -2.16. The first-order valence-electron chi connectivity index (χ1n) is 6.10. The Morgan fingerprint density at radius 3 is 2.79 bits per heavy atom. The molecule has 1 aromatic heterocycles. The van der Waals surface area contributed by atoms with E-state index < -0.39 is 0 Å². The predicted molar refractivity (Wildman–Crippen MR) is 78.6 cm³/mol. The lowest BCUT2D eigenvalue weighted by atomic mass is 10.1. The zero-order valence-electron chi connectivity index (χ0n) is 10.6.